The maximum absolute atomic E-state index is 12.7. The van der Waals surface area contributed by atoms with Gasteiger partial charge in [-0.25, -0.2) is 0 Å². The van der Waals surface area contributed by atoms with Crippen molar-refractivity contribution in [3.05, 3.63) is 65.2 Å². The molecule has 2 aliphatic heterocycles. The summed E-state index contributed by atoms with van der Waals surface area (Å²) in [6.45, 7) is 3.44. The molecule has 2 aliphatic rings. The SMILES string of the molecule is CCOc1ccc(C23SCCN2C(=O)c2ccccc23)cc1. The van der Waals surface area contributed by atoms with Crippen LogP contribution in [0.5, 0.6) is 5.75 Å². The van der Waals surface area contributed by atoms with Gasteiger partial charge in [-0.3, -0.25) is 4.79 Å². The minimum absolute atomic E-state index is 0.148. The van der Waals surface area contributed by atoms with Gasteiger partial charge in [-0.2, -0.15) is 0 Å². The first-order valence-electron chi connectivity index (χ1n) is 7.56. The second kappa shape index (κ2) is 5.06. The molecule has 0 saturated carbocycles. The first-order chi connectivity index (χ1) is 10.8. The zero-order valence-corrected chi connectivity index (χ0v) is 13.2. The van der Waals surface area contributed by atoms with Crippen LogP contribution in [0, 0.1) is 0 Å². The number of carbonyl (C=O) groups excluding carboxylic acids is 1. The summed E-state index contributed by atoms with van der Waals surface area (Å²) in [5.41, 5.74) is 3.10. The standard InChI is InChI=1S/C18H17NO2S/c1-2-21-14-9-7-13(8-10-14)18-16-6-4-3-5-15(16)17(20)19(18)11-12-22-18/h3-10H,2,11-12H2,1H3. The lowest BCUT2D eigenvalue weighted by molar-refractivity contribution is 0.0752. The van der Waals surface area contributed by atoms with Gasteiger partial charge >= 0.3 is 0 Å². The van der Waals surface area contributed by atoms with Crippen molar-refractivity contribution in [1.82, 2.24) is 4.90 Å². The molecular weight excluding hydrogens is 294 g/mol. The number of hydrogen-bond acceptors (Lipinski definition) is 3. The maximum atomic E-state index is 12.7. The van der Waals surface area contributed by atoms with Gasteiger partial charge in [0.25, 0.3) is 5.91 Å². The number of fused-ring (bicyclic) bond motifs is 3. The van der Waals surface area contributed by atoms with Crippen LogP contribution in [0.3, 0.4) is 0 Å². The number of rotatable bonds is 3. The van der Waals surface area contributed by atoms with Gasteiger partial charge in [-0.1, -0.05) is 30.3 Å². The maximum Gasteiger partial charge on any atom is 0.255 e. The van der Waals surface area contributed by atoms with Crippen LogP contribution in [0.15, 0.2) is 48.5 Å². The first kappa shape index (κ1) is 13.7. The molecule has 0 aromatic heterocycles. The van der Waals surface area contributed by atoms with Gasteiger partial charge in [0.15, 0.2) is 0 Å². The molecule has 112 valence electrons. The van der Waals surface area contributed by atoms with Crippen LogP contribution in [0.1, 0.15) is 28.4 Å². The Morgan fingerprint density at radius 2 is 1.95 bits per heavy atom. The van der Waals surface area contributed by atoms with E-state index >= 15 is 0 Å². The third-order valence-electron chi connectivity index (χ3n) is 4.33. The first-order valence-corrected chi connectivity index (χ1v) is 8.54. The molecule has 2 aromatic carbocycles. The third kappa shape index (κ3) is 1.73. The van der Waals surface area contributed by atoms with E-state index in [-0.39, 0.29) is 10.8 Å². The summed E-state index contributed by atoms with van der Waals surface area (Å²) in [6, 6.07) is 16.2. The van der Waals surface area contributed by atoms with Crippen molar-refractivity contribution in [1.29, 1.82) is 0 Å². The lowest BCUT2D eigenvalue weighted by Gasteiger charge is -2.32. The van der Waals surface area contributed by atoms with E-state index in [0.29, 0.717) is 6.61 Å². The van der Waals surface area contributed by atoms with Gasteiger partial charge in [0.1, 0.15) is 10.6 Å². The number of amides is 1. The Balaban J connectivity index is 1.86. The highest BCUT2D eigenvalue weighted by Gasteiger charge is 2.54. The topological polar surface area (TPSA) is 29.5 Å². The fourth-order valence-electron chi connectivity index (χ4n) is 3.44. The highest BCUT2D eigenvalue weighted by Crippen LogP contribution is 2.55. The summed E-state index contributed by atoms with van der Waals surface area (Å²) in [4.78, 5) is 14.4. The smallest absolute Gasteiger partial charge is 0.255 e. The zero-order valence-electron chi connectivity index (χ0n) is 12.4. The van der Waals surface area contributed by atoms with Crippen LogP contribution in [0.2, 0.25) is 0 Å². The highest BCUT2D eigenvalue weighted by molar-refractivity contribution is 8.00. The van der Waals surface area contributed by atoms with Crippen LogP contribution in [0.25, 0.3) is 0 Å². The van der Waals surface area contributed by atoms with E-state index in [4.69, 9.17) is 4.74 Å². The number of hydrogen-bond donors (Lipinski definition) is 0. The Kier molecular flexibility index (Phi) is 3.15. The van der Waals surface area contributed by atoms with Crippen molar-refractivity contribution in [2.24, 2.45) is 0 Å². The number of ether oxygens (including phenoxy) is 1. The highest BCUT2D eigenvalue weighted by atomic mass is 32.2. The van der Waals surface area contributed by atoms with Gasteiger partial charge in [0.2, 0.25) is 0 Å². The van der Waals surface area contributed by atoms with Crippen molar-refractivity contribution in [2.75, 3.05) is 18.9 Å². The number of benzene rings is 2. The van der Waals surface area contributed by atoms with Crippen molar-refractivity contribution in [3.8, 4) is 5.75 Å². The normalized spacial score (nSPS) is 22.6. The van der Waals surface area contributed by atoms with E-state index in [2.05, 4.69) is 18.2 Å². The molecule has 0 bridgehead atoms. The molecule has 0 N–H and O–H groups in total. The van der Waals surface area contributed by atoms with Crippen molar-refractivity contribution in [3.63, 3.8) is 0 Å². The Bertz CT molecular complexity index is 728. The van der Waals surface area contributed by atoms with E-state index < -0.39 is 0 Å². The van der Waals surface area contributed by atoms with E-state index in [1.807, 2.05) is 53.9 Å². The molecular formula is C18H17NO2S. The molecule has 4 rings (SSSR count). The van der Waals surface area contributed by atoms with Crippen LogP contribution < -0.4 is 4.74 Å². The van der Waals surface area contributed by atoms with E-state index in [1.165, 1.54) is 0 Å². The largest absolute Gasteiger partial charge is 0.494 e. The van der Waals surface area contributed by atoms with E-state index in [9.17, 15) is 4.79 Å². The second-order valence-electron chi connectivity index (χ2n) is 5.45. The Morgan fingerprint density at radius 1 is 1.18 bits per heavy atom. The van der Waals surface area contributed by atoms with Crippen molar-refractivity contribution >= 4 is 17.7 Å². The van der Waals surface area contributed by atoms with Crippen LogP contribution in [0.4, 0.5) is 0 Å². The van der Waals surface area contributed by atoms with Gasteiger partial charge < -0.3 is 9.64 Å². The lowest BCUT2D eigenvalue weighted by atomic mass is 9.97. The minimum Gasteiger partial charge on any atom is -0.494 e. The fourth-order valence-corrected chi connectivity index (χ4v) is 4.97. The monoisotopic (exact) mass is 311 g/mol. The molecule has 2 heterocycles. The minimum atomic E-state index is -0.363. The zero-order chi connectivity index (χ0) is 15.2. The molecule has 0 spiro atoms. The predicted octanol–water partition coefficient (Wildman–Crippen LogP) is 3.49. The third-order valence-corrected chi connectivity index (χ3v) is 5.81. The number of thioether (sulfide) groups is 1. The van der Waals surface area contributed by atoms with Crippen LogP contribution in [-0.4, -0.2) is 29.7 Å². The second-order valence-corrected chi connectivity index (χ2v) is 6.74. The lowest BCUT2D eigenvalue weighted by Crippen LogP contribution is -2.37. The molecule has 1 fully saturated rings. The molecule has 1 atom stereocenters. The van der Waals surface area contributed by atoms with Gasteiger partial charge in [-0.05, 0) is 30.7 Å². The van der Waals surface area contributed by atoms with Crippen molar-refractivity contribution < 1.29 is 9.53 Å². The molecule has 1 saturated heterocycles. The summed E-state index contributed by atoms with van der Waals surface area (Å²) in [6.07, 6.45) is 0. The average molecular weight is 311 g/mol. The molecule has 0 radical (unpaired) electrons. The van der Waals surface area contributed by atoms with Gasteiger partial charge in [0, 0.05) is 23.4 Å². The van der Waals surface area contributed by atoms with Crippen molar-refractivity contribution in [2.45, 2.75) is 11.8 Å². The Labute approximate surface area is 134 Å². The van der Waals surface area contributed by atoms with Gasteiger partial charge in [0.05, 0.1) is 6.61 Å². The molecule has 2 aromatic rings. The summed E-state index contributed by atoms with van der Waals surface area (Å²) in [5.74, 6) is 1.98. The predicted molar refractivity (Wildman–Crippen MR) is 88.3 cm³/mol. The molecule has 3 nitrogen and oxygen atoms in total. The fraction of sp³-hybridized carbons (Fsp3) is 0.278. The average Bonchev–Trinajstić information content (AvgIpc) is 3.09. The summed E-state index contributed by atoms with van der Waals surface area (Å²) in [5, 5.41) is 0. The molecule has 4 heteroatoms. The molecule has 22 heavy (non-hydrogen) atoms. The summed E-state index contributed by atoms with van der Waals surface area (Å²) < 4.78 is 5.54. The molecule has 1 unspecified atom stereocenters. The number of carbonyl (C=O) groups is 1. The summed E-state index contributed by atoms with van der Waals surface area (Å²) >= 11 is 1.84. The quantitative estimate of drug-likeness (QED) is 0.869. The van der Waals surface area contributed by atoms with Crippen LogP contribution >= 0.6 is 11.8 Å². The van der Waals surface area contributed by atoms with Gasteiger partial charge in [-0.15, -0.1) is 11.8 Å². The molecule has 1 amide bonds. The molecule has 0 aliphatic carbocycles. The Hall–Kier alpha value is -1.94. The van der Waals surface area contributed by atoms with Crippen LogP contribution in [-0.2, 0) is 4.87 Å². The summed E-state index contributed by atoms with van der Waals surface area (Å²) in [7, 11) is 0. The Morgan fingerprint density at radius 3 is 2.73 bits per heavy atom. The van der Waals surface area contributed by atoms with E-state index in [1.54, 1.807) is 0 Å². The van der Waals surface area contributed by atoms with E-state index in [0.717, 1.165) is 34.7 Å². The number of nitrogens with zero attached hydrogens (tertiary/aromatic N) is 1.